The zero-order chi connectivity index (χ0) is 29.9. The average molecular weight is 598 g/mol. The summed E-state index contributed by atoms with van der Waals surface area (Å²) < 4.78 is 38.7. The van der Waals surface area contributed by atoms with E-state index in [-0.39, 0.29) is 17.4 Å². The van der Waals surface area contributed by atoms with Crippen molar-refractivity contribution in [3.05, 3.63) is 72.6 Å². The van der Waals surface area contributed by atoms with Gasteiger partial charge >= 0.3 is 0 Å². The third-order valence-corrected chi connectivity index (χ3v) is 8.49. The second kappa shape index (κ2) is 10.0. The van der Waals surface area contributed by atoms with Crippen LogP contribution in [-0.4, -0.2) is 55.7 Å². The molecule has 0 aliphatic heterocycles. The summed E-state index contributed by atoms with van der Waals surface area (Å²) in [6, 6.07) is 9.39. The molecule has 216 valence electrons. The van der Waals surface area contributed by atoms with E-state index in [0.717, 1.165) is 25.2 Å². The van der Waals surface area contributed by atoms with Crippen molar-refractivity contribution < 1.29 is 17.6 Å². The van der Waals surface area contributed by atoms with Gasteiger partial charge in [-0.1, -0.05) is 0 Å². The zero-order valence-electron chi connectivity index (χ0n) is 22.7. The highest BCUT2D eigenvalue weighted by Crippen LogP contribution is 2.34. The van der Waals surface area contributed by atoms with Crippen LogP contribution in [0.25, 0.3) is 56.0 Å². The number of amides is 1. The van der Waals surface area contributed by atoms with E-state index in [1.165, 1.54) is 18.3 Å². The number of H-pyrrole nitrogens is 2. The van der Waals surface area contributed by atoms with Gasteiger partial charge in [-0.15, -0.1) is 0 Å². The molecule has 1 atom stereocenters. The number of aromatic nitrogens is 7. The first kappa shape index (κ1) is 26.8. The number of hydrogen-bond donors (Lipinski definition) is 4. The molecule has 0 bridgehead atoms. The second-order valence-corrected chi connectivity index (χ2v) is 12.7. The Morgan fingerprint density at radius 1 is 1.00 bits per heavy atom. The fraction of sp³-hybridized carbons (Fsp3) is 0.172. The van der Waals surface area contributed by atoms with Crippen LogP contribution >= 0.6 is 0 Å². The molecule has 1 aliphatic rings. The summed E-state index contributed by atoms with van der Waals surface area (Å²) in [5.41, 5.74) is 11.5. The number of sulfone groups is 1. The second-order valence-electron chi connectivity index (χ2n) is 10.6. The van der Waals surface area contributed by atoms with Gasteiger partial charge in [0.1, 0.15) is 16.7 Å². The van der Waals surface area contributed by atoms with E-state index in [4.69, 9.17) is 15.7 Å². The molecule has 5 aromatic heterocycles. The Balaban J connectivity index is 1.27. The van der Waals surface area contributed by atoms with Crippen LogP contribution in [0.15, 0.2) is 61.2 Å². The number of rotatable bonds is 7. The molecule has 1 fully saturated rings. The van der Waals surface area contributed by atoms with Crippen molar-refractivity contribution >= 4 is 43.5 Å². The summed E-state index contributed by atoms with van der Waals surface area (Å²) in [6.45, 7) is 0. The molecule has 0 saturated heterocycles. The van der Waals surface area contributed by atoms with Crippen molar-refractivity contribution in [3.63, 3.8) is 0 Å². The molecule has 1 amide bonds. The predicted molar refractivity (Wildman–Crippen MR) is 159 cm³/mol. The van der Waals surface area contributed by atoms with Crippen LogP contribution in [0, 0.1) is 11.7 Å². The highest BCUT2D eigenvalue weighted by molar-refractivity contribution is 7.90. The lowest BCUT2D eigenvalue weighted by atomic mass is 10.0. The maximum atomic E-state index is 14.6. The fourth-order valence-electron chi connectivity index (χ4n) is 4.90. The summed E-state index contributed by atoms with van der Waals surface area (Å²) in [6.07, 6.45) is 9.18. The van der Waals surface area contributed by atoms with Gasteiger partial charge in [0.15, 0.2) is 21.4 Å². The Labute approximate surface area is 243 Å². The van der Waals surface area contributed by atoms with Crippen LogP contribution in [0.5, 0.6) is 0 Å². The molecule has 1 unspecified atom stereocenters. The molecule has 7 rings (SSSR count). The quantitative estimate of drug-likeness (QED) is 0.210. The molecule has 5 N–H and O–H groups in total. The van der Waals surface area contributed by atoms with E-state index >= 15 is 0 Å². The number of pyridine rings is 3. The van der Waals surface area contributed by atoms with Gasteiger partial charge in [0.05, 0.1) is 40.3 Å². The van der Waals surface area contributed by atoms with Gasteiger partial charge in [-0.3, -0.25) is 19.9 Å². The van der Waals surface area contributed by atoms with Gasteiger partial charge in [-0.05, 0) is 60.4 Å². The highest BCUT2D eigenvalue weighted by atomic mass is 32.2. The molecule has 14 heteroatoms. The first-order valence-electron chi connectivity index (χ1n) is 13.3. The Hall–Kier alpha value is -5.08. The fourth-order valence-corrected chi connectivity index (χ4v) is 5.53. The molecule has 6 aromatic rings. The molecule has 1 saturated carbocycles. The number of nitrogens with zero attached hydrogens (tertiary/aromatic N) is 5. The first-order valence-corrected chi connectivity index (χ1v) is 15.3. The lowest BCUT2D eigenvalue weighted by Gasteiger charge is -2.12. The van der Waals surface area contributed by atoms with Crippen molar-refractivity contribution in [1.29, 1.82) is 0 Å². The number of fused-ring (bicyclic) bond motifs is 2. The summed E-state index contributed by atoms with van der Waals surface area (Å²) in [4.78, 5) is 33.6. The Morgan fingerprint density at radius 3 is 2.60 bits per heavy atom. The van der Waals surface area contributed by atoms with Crippen LogP contribution in [0.2, 0.25) is 0 Å². The summed E-state index contributed by atoms with van der Waals surface area (Å²) in [7, 11) is -3.66. The Bertz CT molecular complexity index is 2170. The van der Waals surface area contributed by atoms with Crippen molar-refractivity contribution in [2.75, 3.05) is 11.6 Å². The Morgan fingerprint density at radius 2 is 1.81 bits per heavy atom. The Kier molecular flexibility index (Phi) is 6.25. The van der Waals surface area contributed by atoms with E-state index < -0.39 is 21.0 Å². The molecule has 1 aromatic carbocycles. The van der Waals surface area contributed by atoms with Gasteiger partial charge in [0.25, 0.3) is 0 Å². The number of halogens is 1. The largest absolute Gasteiger partial charge is 0.335 e. The standard InChI is InChI=1S/C29H24FN9O3S/c1-43(41,42)27(31)16-6-15(7-18(30)8-16)20-12-33-13-23-24(20)37-28(36-23)26-25-22(38-39-26)5-4-21(35-25)17-9-19(11-32-10-17)34-29(40)14-2-3-14/h4-14,27H,2-3,31H2,1H3,(H,34,40)(H,36,37)(H,38,39). The minimum absolute atomic E-state index is 0.00839. The lowest BCUT2D eigenvalue weighted by Crippen LogP contribution is -2.20. The molecular formula is C29H24FN9O3S. The number of nitrogens with one attached hydrogen (secondary N) is 3. The molecule has 1 aliphatic carbocycles. The van der Waals surface area contributed by atoms with Gasteiger partial charge in [-0.25, -0.2) is 22.8 Å². The number of anilines is 1. The van der Waals surface area contributed by atoms with E-state index in [2.05, 4.69) is 30.5 Å². The van der Waals surface area contributed by atoms with Crippen LogP contribution < -0.4 is 11.1 Å². The molecule has 12 nitrogen and oxygen atoms in total. The van der Waals surface area contributed by atoms with E-state index in [1.807, 2.05) is 18.2 Å². The van der Waals surface area contributed by atoms with E-state index in [0.29, 0.717) is 61.7 Å². The zero-order valence-corrected chi connectivity index (χ0v) is 23.5. The molecule has 0 radical (unpaired) electrons. The molecule has 43 heavy (non-hydrogen) atoms. The summed E-state index contributed by atoms with van der Waals surface area (Å²) in [5.74, 6) is -0.182. The van der Waals surface area contributed by atoms with Gasteiger partial charge < -0.3 is 16.0 Å². The average Bonchev–Trinajstić information content (AvgIpc) is 3.62. The van der Waals surface area contributed by atoms with Crippen LogP contribution in [0.4, 0.5) is 10.1 Å². The van der Waals surface area contributed by atoms with Crippen molar-refractivity contribution in [2.45, 2.75) is 18.2 Å². The predicted octanol–water partition coefficient (Wildman–Crippen LogP) is 4.11. The summed E-state index contributed by atoms with van der Waals surface area (Å²) in [5, 5.41) is 8.94. The highest BCUT2D eigenvalue weighted by Gasteiger charge is 2.29. The van der Waals surface area contributed by atoms with Crippen molar-refractivity contribution in [2.24, 2.45) is 11.7 Å². The minimum atomic E-state index is -3.66. The monoisotopic (exact) mass is 597 g/mol. The number of aromatic amines is 2. The molecule has 0 spiro atoms. The van der Waals surface area contributed by atoms with Gasteiger partial charge in [0.2, 0.25) is 5.91 Å². The van der Waals surface area contributed by atoms with E-state index in [1.54, 1.807) is 18.6 Å². The van der Waals surface area contributed by atoms with Crippen molar-refractivity contribution in [3.8, 4) is 33.9 Å². The number of benzene rings is 1. The number of hydrogen-bond acceptors (Lipinski definition) is 9. The summed E-state index contributed by atoms with van der Waals surface area (Å²) >= 11 is 0. The lowest BCUT2D eigenvalue weighted by molar-refractivity contribution is -0.117. The SMILES string of the molecule is CS(=O)(=O)C(N)c1cc(F)cc(-c2cncc3[nH]c(-c4n[nH]c5ccc(-c6cncc(NC(=O)C7CC7)c6)nc45)nc23)c1. The maximum Gasteiger partial charge on any atom is 0.227 e. The smallest absolute Gasteiger partial charge is 0.227 e. The molecular weight excluding hydrogens is 573 g/mol. The van der Waals surface area contributed by atoms with Crippen LogP contribution in [-0.2, 0) is 14.6 Å². The number of carbonyl (C=O) groups is 1. The topological polar surface area (TPSA) is 185 Å². The van der Waals surface area contributed by atoms with Crippen LogP contribution in [0.1, 0.15) is 23.8 Å². The number of nitrogens with two attached hydrogens (primary N) is 1. The van der Waals surface area contributed by atoms with E-state index in [9.17, 15) is 17.6 Å². The van der Waals surface area contributed by atoms with Crippen LogP contribution in [0.3, 0.4) is 0 Å². The van der Waals surface area contributed by atoms with Gasteiger partial charge in [0, 0.05) is 35.7 Å². The number of imidazole rings is 1. The van der Waals surface area contributed by atoms with Crippen molar-refractivity contribution in [1.82, 2.24) is 35.1 Å². The van der Waals surface area contributed by atoms with Gasteiger partial charge in [-0.2, -0.15) is 5.10 Å². The maximum absolute atomic E-state index is 14.6. The normalized spacial score (nSPS) is 14.3. The number of carbonyl (C=O) groups excluding carboxylic acids is 1. The third kappa shape index (κ3) is 5.10. The first-order chi connectivity index (χ1) is 20.6. The minimum Gasteiger partial charge on any atom is -0.335 e. The molecule has 5 heterocycles. The third-order valence-electron chi connectivity index (χ3n) is 7.30.